The average molecular weight is 449 g/mol. The lowest BCUT2D eigenvalue weighted by molar-refractivity contribution is -0.130. The van der Waals surface area contributed by atoms with Crippen LogP contribution in [0.15, 0.2) is 54.6 Å². The summed E-state index contributed by atoms with van der Waals surface area (Å²) in [6, 6.07) is 18.1. The van der Waals surface area contributed by atoms with E-state index in [0.29, 0.717) is 6.42 Å². The quantitative estimate of drug-likeness (QED) is 0.542. The summed E-state index contributed by atoms with van der Waals surface area (Å²) in [6.07, 6.45) is 2.21. The van der Waals surface area contributed by atoms with Crippen molar-refractivity contribution in [3.63, 3.8) is 0 Å². The number of rotatable bonds is 5. The zero-order valence-corrected chi connectivity index (χ0v) is 19.5. The summed E-state index contributed by atoms with van der Waals surface area (Å²) >= 11 is 6.09. The molecule has 166 valence electrons. The molecule has 2 aromatic carbocycles. The topological polar surface area (TPSA) is 49.3 Å². The number of hydrogen-bond acceptors (Lipinski definition) is 4. The molecule has 0 N–H and O–H groups in total. The van der Waals surface area contributed by atoms with E-state index in [2.05, 4.69) is 24.0 Å². The predicted molar refractivity (Wildman–Crippen MR) is 130 cm³/mol. The van der Waals surface area contributed by atoms with Gasteiger partial charge in [0, 0.05) is 60.9 Å². The summed E-state index contributed by atoms with van der Waals surface area (Å²) < 4.78 is 0. The normalized spacial score (nSPS) is 14.3. The highest BCUT2D eigenvalue weighted by molar-refractivity contribution is 6.30. The first-order valence-corrected chi connectivity index (χ1v) is 11.6. The van der Waals surface area contributed by atoms with E-state index < -0.39 is 0 Å². The first-order valence-electron chi connectivity index (χ1n) is 11.2. The maximum atomic E-state index is 12.3. The lowest BCUT2D eigenvalue weighted by Gasteiger charge is -2.26. The molecule has 0 radical (unpaired) electrons. The molecule has 1 fully saturated rings. The van der Waals surface area contributed by atoms with Crippen LogP contribution in [0.2, 0.25) is 5.02 Å². The van der Waals surface area contributed by atoms with Gasteiger partial charge in [-0.1, -0.05) is 61.0 Å². The fraction of sp³-hybridized carbons (Fsp3) is 0.346. The standard InChI is InChI=1S/C26H29ClN4O/c1-3-24(32)30-14-7-15-31(17-16-30)26-23(18-20-10-12-22(27)13-11-20)19(2)28-25(29-26)21-8-5-4-6-9-21/h4-6,8-13H,3,7,14-18H2,1-2H3. The van der Waals surface area contributed by atoms with E-state index in [9.17, 15) is 4.79 Å². The van der Waals surface area contributed by atoms with E-state index in [1.165, 1.54) is 5.56 Å². The zero-order valence-electron chi connectivity index (χ0n) is 18.7. The fourth-order valence-electron chi connectivity index (χ4n) is 4.17. The molecule has 0 unspecified atom stereocenters. The van der Waals surface area contributed by atoms with Crippen molar-refractivity contribution in [2.24, 2.45) is 0 Å². The van der Waals surface area contributed by atoms with Gasteiger partial charge in [0.2, 0.25) is 5.91 Å². The number of aryl methyl sites for hydroxylation is 1. The second kappa shape index (κ2) is 10.1. The van der Waals surface area contributed by atoms with Crippen molar-refractivity contribution >= 4 is 23.3 Å². The molecule has 1 amide bonds. The maximum Gasteiger partial charge on any atom is 0.222 e. The Morgan fingerprint density at radius 3 is 2.44 bits per heavy atom. The van der Waals surface area contributed by atoms with Crippen molar-refractivity contribution < 1.29 is 4.79 Å². The van der Waals surface area contributed by atoms with Gasteiger partial charge >= 0.3 is 0 Å². The average Bonchev–Trinajstić information content (AvgIpc) is 3.08. The molecule has 1 aliphatic heterocycles. The van der Waals surface area contributed by atoms with Crippen LogP contribution >= 0.6 is 11.6 Å². The number of anilines is 1. The van der Waals surface area contributed by atoms with Gasteiger partial charge < -0.3 is 9.80 Å². The molecule has 0 spiro atoms. The molecule has 0 aliphatic carbocycles. The van der Waals surface area contributed by atoms with Crippen molar-refractivity contribution in [1.29, 1.82) is 0 Å². The Hall–Kier alpha value is -2.92. The maximum absolute atomic E-state index is 12.3. The molecule has 5 nitrogen and oxygen atoms in total. The molecule has 0 bridgehead atoms. The number of hydrogen-bond donors (Lipinski definition) is 0. The summed E-state index contributed by atoms with van der Waals surface area (Å²) in [4.78, 5) is 26.5. The van der Waals surface area contributed by atoms with Crippen LogP contribution in [0, 0.1) is 6.92 Å². The van der Waals surface area contributed by atoms with E-state index in [0.717, 1.165) is 72.5 Å². The molecule has 1 aliphatic rings. The number of carbonyl (C=O) groups is 1. The molecular formula is C26H29ClN4O. The van der Waals surface area contributed by atoms with Gasteiger partial charge in [0.25, 0.3) is 0 Å². The Morgan fingerprint density at radius 1 is 0.969 bits per heavy atom. The van der Waals surface area contributed by atoms with E-state index in [-0.39, 0.29) is 5.91 Å². The molecule has 2 heterocycles. The highest BCUT2D eigenvalue weighted by atomic mass is 35.5. The second-order valence-electron chi connectivity index (χ2n) is 8.18. The van der Waals surface area contributed by atoms with Crippen molar-refractivity contribution in [3.8, 4) is 11.4 Å². The molecule has 1 saturated heterocycles. The summed E-state index contributed by atoms with van der Waals surface area (Å²) in [5.74, 6) is 1.93. The smallest absolute Gasteiger partial charge is 0.222 e. The SMILES string of the molecule is CCC(=O)N1CCCN(c2nc(-c3ccccc3)nc(C)c2Cc2ccc(Cl)cc2)CC1. The van der Waals surface area contributed by atoms with Gasteiger partial charge in [-0.3, -0.25) is 4.79 Å². The molecule has 1 aromatic heterocycles. The van der Waals surface area contributed by atoms with E-state index >= 15 is 0 Å². The fourth-order valence-corrected chi connectivity index (χ4v) is 4.30. The van der Waals surface area contributed by atoms with Gasteiger partial charge in [0.05, 0.1) is 0 Å². The van der Waals surface area contributed by atoms with Gasteiger partial charge in [-0.25, -0.2) is 9.97 Å². The summed E-state index contributed by atoms with van der Waals surface area (Å²) in [6.45, 7) is 7.14. The minimum atomic E-state index is 0.220. The third-order valence-corrected chi connectivity index (χ3v) is 6.22. The number of aromatic nitrogens is 2. The molecule has 32 heavy (non-hydrogen) atoms. The van der Waals surface area contributed by atoms with Crippen molar-refractivity contribution in [2.75, 3.05) is 31.1 Å². The molecule has 4 rings (SSSR count). The van der Waals surface area contributed by atoms with Crippen LogP contribution in [0.25, 0.3) is 11.4 Å². The minimum Gasteiger partial charge on any atom is -0.354 e. The molecule has 0 atom stereocenters. The first kappa shape index (κ1) is 22.3. The van der Waals surface area contributed by atoms with Crippen LogP contribution in [0.4, 0.5) is 5.82 Å². The number of amides is 1. The lowest BCUT2D eigenvalue weighted by atomic mass is 10.0. The van der Waals surface area contributed by atoms with Crippen LogP contribution in [0.1, 0.15) is 36.6 Å². The Bertz CT molecular complexity index is 1070. The van der Waals surface area contributed by atoms with Crippen LogP contribution in [0.5, 0.6) is 0 Å². The first-order chi connectivity index (χ1) is 15.5. The monoisotopic (exact) mass is 448 g/mol. The number of halogens is 1. The van der Waals surface area contributed by atoms with Crippen LogP contribution in [-0.2, 0) is 11.2 Å². The van der Waals surface area contributed by atoms with Gasteiger partial charge in [-0.15, -0.1) is 0 Å². The summed E-state index contributed by atoms with van der Waals surface area (Å²) in [7, 11) is 0. The largest absolute Gasteiger partial charge is 0.354 e. The number of benzene rings is 2. The third kappa shape index (κ3) is 5.10. The summed E-state index contributed by atoms with van der Waals surface area (Å²) in [5, 5.41) is 0.731. The van der Waals surface area contributed by atoms with Crippen LogP contribution in [0.3, 0.4) is 0 Å². The number of nitrogens with zero attached hydrogens (tertiary/aromatic N) is 4. The van der Waals surface area contributed by atoms with E-state index in [1.54, 1.807) is 0 Å². The van der Waals surface area contributed by atoms with E-state index in [4.69, 9.17) is 21.6 Å². The zero-order chi connectivity index (χ0) is 22.5. The molecular weight excluding hydrogens is 420 g/mol. The predicted octanol–water partition coefficient (Wildman–Crippen LogP) is 5.14. The van der Waals surface area contributed by atoms with Gasteiger partial charge in [0.15, 0.2) is 5.82 Å². The minimum absolute atomic E-state index is 0.220. The van der Waals surface area contributed by atoms with Gasteiger partial charge in [-0.05, 0) is 31.0 Å². The Kier molecular flexibility index (Phi) is 7.05. The molecule has 0 saturated carbocycles. The van der Waals surface area contributed by atoms with Crippen LogP contribution < -0.4 is 4.90 Å². The highest BCUT2D eigenvalue weighted by Gasteiger charge is 2.23. The van der Waals surface area contributed by atoms with Crippen molar-refractivity contribution in [2.45, 2.75) is 33.1 Å². The van der Waals surface area contributed by atoms with Gasteiger partial charge in [0.1, 0.15) is 5.82 Å². The third-order valence-electron chi connectivity index (χ3n) is 5.97. The molecule has 3 aromatic rings. The van der Waals surface area contributed by atoms with Gasteiger partial charge in [-0.2, -0.15) is 0 Å². The Balaban J connectivity index is 1.72. The summed E-state index contributed by atoms with van der Waals surface area (Å²) in [5.41, 5.74) is 4.29. The van der Waals surface area contributed by atoms with Crippen molar-refractivity contribution in [3.05, 3.63) is 76.4 Å². The lowest BCUT2D eigenvalue weighted by Crippen LogP contribution is -2.35. The molecule has 6 heteroatoms. The highest BCUT2D eigenvalue weighted by Crippen LogP contribution is 2.28. The number of carbonyl (C=O) groups excluding carboxylic acids is 1. The van der Waals surface area contributed by atoms with Crippen LogP contribution in [-0.4, -0.2) is 47.0 Å². The van der Waals surface area contributed by atoms with Crippen molar-refractivity contribution in [1.82, 2.24) is 14.9 Å². The Morgan fingerprint density at radius 2 is 1.72 bits per heavy atom. The second-order valence-corrected chi connectivity index (χ2v) is 8.62. The Labute approximate surface area is 195 Å². The van der Waals surface area contributed by atoms with E-state index in [1.807, 2.05) is 54.3 Å².